The van der Waals surface area contributed by atoms with Gasteiger partial charge in [0.15, 0.2) is 0 Å². The summed E-state index contributed by atoms with van der Waals surface area (Å²) >= 11 is 5.97. The summed E-state index contributed by atoms with van der Waals surface area (Å²) < 4.78 is 0. The van der Waals surface area contributed by atoms with Gasteiger partial charge in [0.2, 0.25) is 5.91 Å². The Labute approximate surface area is 112 Å². The van der Waals surface area contributed by atoms with Crippen molar-refractivity contribution >= 4 is 23.2 Å². The highest BCUT2D eigenvalue weighted by molar-refractivity contribution is 6.32. The zero-order chi connectivity index (χ0) is 13.7. The average molecular weight is 266 g/mol. The first-order valence-electron chi connectivity index (χ1n) is 5.62. The van der Waals surface area contributed by atoms with E-state index in [-0.39, 0.29) is 11.8 Å². The zero-order valence-corrected chi connectivity index (χ0v) is 11.5. The molecular formula is C13H16ClN3O. The van der Waals surface area contributed by atoms with Crippen LogP contribution in [0, 0.1) is 17.2 Å². The van der Waals surface area contributed by atoms with Crippen molar-refractivity contribution in [2.75, 3.05) is 25.5 Å². The smallest absolute Gasteiger partial charge is 0.224 e. The molecule has 0 aliphatic rings. The van der Waals surface area contributed by atoms with Gasteiger partial charge >= 0.3 is 0 Å². The van der Waals surface area contributed by atoms with E-state index in [9.17, 15) is 4.79 Å². The molecule has 0 aromatic heterocycles. The molecule has 1 atom stereocenters. The number of nitrogens with zero attached hydrogens (tertiary/aromatic N) is 2. The summed E-state index contributed by atoms with van der Waals surface area (Å²) in [6.07, 6.45) is 0. The second kappa shape index (κ2) is 6.27. The normalized spacial score (nSPS) is 11.5. The zero-order valence-electron chi connectivity index (χ0n) is 10.7. The van der Waals surface area contributed by atoms with Gasteiger partial charge in [0, 0.05) is 20.6 Å². The Bertz CT molecular complexity index is 482. The Morgan fingerprint density at radius 1 is 1.61 bits per heavy atom. The van der Waals surface area contributed by atoms with Gasteiger partial charge < -0.3 is 10.2 Å². The fourth-order valence-electron chi connectivity index (χ4n) is 1.78. The Kier molecular flexibility index (Phi) is 4.99. The lowest BCUT2D eigenvalue weighted by atomic mass is 10.1. The molecule has 1 unspecified atom stereocenters. The number of carbonyl (C=O) groups excluding carboxylic acids is 1. The first kappa shape index (κ1) is 14.3. The van der Waals surface area contributed by atoms with Crippen LogP contribution in [0.15, 0.2) is 18.2 Å². The van der Waals surface area contributed by atoms with Crippen molar-refractivity contribution in [2.45, 2.75) is 6.92 Å². The standard InChI is InChI=1S/C13H16ClN3O/c1-9(13(18)16-2)8-17(3)12-6-4-5-11(14)10(12)7-15/h4-6,9H,8H2,1-3H3,(H,16,18). The number of amides is 1. The van der Waals surface area contributed by atoms with E-state index >= 15 is 0 Å². The summed E-state index contributed by atoms with van der Waals surface area (Å²) in [5, 5.41) is 12.1. The number of rotatable bonds is 4. The van der Waals surface area contributed by atoms with Gasteiger partial charge in [-0.1, -0.05) is 24.6 Å². The number of anilines is 1. The molecule has 1 N–H and O–H groups in total. The Balaban J connectivity index is 2.92. The molecule has 18 heavy (non-hydrogen) atoms. The van der Waals surface area contributed by atoms with Gasteiger partial charge in [-0.3, -0.25) is 4.79 Å². The molecule has 1 aromatic carbocycles. The molecule has 0 aliphatic carbocycles. The lowest BCUT2D eigenvalue weighted by Crippen LogP contribution is -2.34. The fourth-order valence-corrected chi connectivity index (χ4v) is 1.99. The average Bonchev–Trinajstić information content (AvgIpc) is 2.37. The minimum atomic E-state index is -0.162. The first-order valence-corrected chi connectivity index (χ1v) is 6.00. The van der Waals surface area contributed by atoms with E-state index in [0.717, 1.165) is 5.69 Å². The SMILES string of the molecule is CNC(=O)C(C)CN(C)c1cccc(Cl)c1C#N. The maximum Gasteiger partial charge on any atom is 0.224 e. The molecule has 1 rings (SSSR count). The van der Waals surface area contributed by atoms with Crippen molar-refractivity contribution in [3.8, 4) is 6.07 Å². The highest BCUT2D eigenvalue weighted by Crippen LogP contribution is 2.26. The second-order valence-electron chi connectivity index (χ2n) is 4.14. The fraction of sp³-hybridized carbons (Fsp3) is 0.385. The number of hydrogen-bond donors (Lipinski definition) is 1. The highest BCUT2D eigenvalue weighted by atomic mass is 35.5. The monoisotopic (exact) mass is 265 g/mol. The molecule has 0 saturated carbocycles. The van der Waals surface area contributed by atoms with Gasteiger partial charge in [0.1, 0.15) is 6.07 Å². The van der Waals surface area contributed by atoms with Crippen LogP contribution in [0.25, 0.3) is 0 Å². The number of carbonyl (C=O) groups is 1. The topological polar surface area (TPSA) is 56.1 Å². The summed E-state index contributed by atoms with van der Waals surface area (Å²) in [5.41, 5.74) is 1.17. The molecule has 4 nitrogen and oxygen atoms in total. The quantitative estimate of drug-likeness (QED) is 0.906. The number of nitriles is 1. The minimum Gasteiger partial charge on any atom is -0.373 e. The summed E-state index contributed by atoms with van der Waals surface area (Å²) in [4.78, 5) is 13.3. The summed E-state index contributed by atoms with van der Waals surface area (Å²) in [6.45, 7) is 2.36. The molecule has 0 bridgehead atoms. The van der Waals surface area contributed by atoms with Crippen molar-refractivity contribution in [3.63, 3.8) is 0 Å². The van der Waals surface area contributed by atoms with Gasteiger partial charge in [0.05, 0.1) is 22.2 Å². The summed E-state index contributed by atoms with van der Waals surface area (Å²) in [6, 6.07) is 7.38. The van der Waals surface area contributed by atoms with Crippen molar-refractivity contribution in [2.24, 2.45) is 5.92 Å². The van der Waals surface area contributed by atoms with Crippen LogP contribution in [0.2, 0.25) is 5.02 Å². The minimum absolute atomic E-state index is 0.0256. The van der Waals surface area contributed by atoms with E-state index in [1.54, 1.807) is 19.2 Å². The maximum absolute atomic E-state index is 11.5. The van der Waals surface area contributed by atoms with Crippen LogP contribution in [-0.4, -0.2) is 26.5 Å². The van der Waals surface area contributed by atoms with Crippen LogP contribution in [0.3, 0.4) is 0 Å². The highest BCUT2D eigenvalue weighted by Gasteiger charge is 2.16. The van der Waals surface area contributed by atoms with E-state index in [4.69, 9.17) is 16.9 Å². The van der Waals surface area contributed by atoms with Gasteiger partial charge in [-0.25, -0.2) is 0 Å². The molecule has 0 heterocycles. The van der Waals surface area contributed by atoms with Gasteiger partial charge in [-0.05, 0) is 12.1 Å². The number of hydrogen-bond acceptors (Lipinski definition) is 3. The lowest BCUT2D eigenvalue weighted by Gasteiger charge is -2.23. The van der Waals surface area contributed by atoms with Crippen molar-refractivity contribution < 1.29 is 4.79 Å². The van der Waals surface area contributed by atoms with E-state index in [1.807, 2.05) is 24.9 Å². The van der Waals surface area contributed by atoms with Crippen molar-refractivity contribution in [1.29, 1.82) is 5.26 Å². The van der Waals surface area contributed by atoms with Crippen LogP contribution >= 0.6 is 11.6 Å². The Morgan fingerprint density at radius 3 is 2.83 bits per heavy atom. The van der Waals surface area contributed by atoms with E-state index < -0.39 is 0 Å². The molecule has 0 fully saturated rings. The molecular weight excluding hydrogens is 250 g/mol. The van der Waals surface area contributed by atoms with Gasteiger partial charge in [0.25, 0.3) is 0 Å². The number of halogens is 1. The predicted molar refractivity (Wildman–Crippen MR) is 72.7 cm³/mol. The van der Waals surface area contributed by atoms with E-state index in [0.29, 0.717) is 17.1 Å². The number of benzene rings is 1. The van der Waals surface area contributed by atoms with E-state index in [2.05, 4.69) is 11.4 Å². The van der Waals surface area contributed by atoms with Crippen LogP contribution in [0.5, 0.6) is 0 Å². The van der Waals surface area contributed by atoms with Gasteiger partial charge in [-0.15, -0.1) is 0 Å². The van der Waals surface area contributed by atoms with Crippen LogP contribution in [0.4, 0.5) is 5.69 Å². The molecule has 1 amide bonds. The third-order valence-corrected chi connectivity index (χ3v) is 3.07. The third kappa shape index (κ3) is 3.14. The molecule has 0 radical (unpaired) electrons. The van der Waals surface area contributed by atoms with E-state index in [1.165, 1.54) is 0 Å². The van der Waals surface area contributed by atoms with Crippen LogP contribution in [0.1, 0.15) is 12.5 Å². The van der Waals surface area contributed by atoms with Crippen molar-refractivity contribution in [1.82, 2.24) is 5.32 Å². The molecule has 0 spiro atoms. The molecule has 0 aliphatic heterocycles. The van der Waals surface area contributed by atoms with Crippen molar-refractivity contribution in [3.05, 3.63) is 28.8 Å². The Morgan fingerprint density at radius 2 is 2.28 bits per heavy atom. The third-order valence-electron chi connectivity index (χ3n) is 2.76. The van der Waals surface area contributed by atoms with Crippen LogP contribution < -0.4 is 10.2 Å². The molecule has 5 heteroatoms. The summed E-state index contributed by atoms with van der Waals surface area (Å²) in [5.74, 6) is -0.187. The Hall–Kier alpha value is -1.73. The number of nitrogens with one attached hydrogen (secondary N) is 1. The molecule has 1 aromatic rings. The van der Waals surface area contributed by atoms with Crippen LogP contribution in [-0.2, 0) is 4.79 Å². The lowest BCUT2D eigenvalue weighted by molar-refractivity contribution is -0.123. The first-order chi connectivity index (χ1) is 8.51. The van der Waals surface area contributed by atoms with Gasteiger partial charge in [-0.2, -0.15) is 5.26 Å². The summed E-state index contributed by atoms with van der Waals surface area (Å²) in [7, 11) is 3.45. The molecule has 0 saturated heterocycles. The maximum atomic E-state index is 11.5. The molecule has 96 valence electrons. The largest absolute Gasteiger partial charge is 0.373 e. The second-order valence-corrected chi connectivity index (χ2v) is 4.55. The predicted octanol–water partition coefficient (Wildman–Crippen LogP) is 2.03.